The first kappa shape index (κ1) is 14.9. The lowest BCUT2D eigenvalue weighted by atomic mass is 10.1. The van der Waals surface area contributed by atoms with Gasteiger partial charge in [-0.25, -0.2) is 4.39 Å². The van der Waals surface area contributed by atoms with E-state index in [1.165, 1.54) is 6.07 Å². The topological polar surface area (TPSA) is 3.24 Å². The highest BCUT2D eigenvalue weighted by molar-refractivity contribution is 6.21. The minimum absolute atomic E-state index is 0.163. The minimum Gasteiger partial charge on any atom is -0.294 e. The second-order valence-corrected chi connectivity index (χ2v) is 4.80. The van der Waals surface area contributed by atoms with Gasteiger partial charge < -0.3 is 0 Å². The fourth-order valence-electron chi connectivity index (χ4n) is 1.78. The quantitative estimate of drug-likeness (QED) is 0.531. The maximum atomic E-state index is 13.2. The molecular weight excluding hydrogens is 249 g/mol. The first-order valence-electron chi connectivity index (χ1n) is 5.92. The molecule has 0 aromatic heterocycles. The van der Waals surface area contributed by atoms with Crippen LogP contribution in [0.3, 0.4) is 0 Å². The van der Waals surface area contributed by atoms with E-state index in [4.69, 9.17) is 11.6 Å². The molecule has 0 radical (unpaired) electrons. The van der Waals surface area contributed by atoms with Crippen LogP contribution in [0.15, 0.2) is 43.5 Å². The molecule has 0 spiro atoms. The van der Waals surface area contributed by atoms with E-state index in [-0.39, 0.29) is 11.2 Å². The fourth-order valence-corrected chi connectivity index (χ4v) is 2.11. The predicted molar refractivity (Wildman–Crippen MR) is 76.6 cm³/mol. The largest absolute Gasteiger partial charge is 0.294 e. The third-order valence-corrected chi connectivity index (χ3v) is 3.13. The normalized spacial score (nSPS) is 12.4. The average molecular weight is 268 g/mol. The lowest BCUT2D eigenvalue weighted by molar-refractivity contribution is 0.335. The molecule has 1 unspecified atom stereocenters. The van der Waals surface area contributed by atoms with Crippen molar-refractivity contribution in [2.24, 2.45) is 0 Å². The van der Waals surface area contributed by atoms with Crippen LogP contribution in [0, 0.1) is 12.7 Å². The fraction of sp³-hybridized carbons (Fsp3) is 0.333. The van der Waals surface area contributed by atoms with Crippen LogP contribution in [0.2, 0.25) is 0 Å². The van der Waals surface area contributed by atoms with Crippen molar-refractivity contribution in [1.29, 1.82) is 0 Å². The second kappa shape index (κ2) is 7.34. The van der Waals surface area contributed by atoms with E-state index < -0.39 is 0 Å². The molecule has 1 aromatic carbocycles. The van der Waals surface area contributed by atoms with Crippen LogP contribution < -0.4 is 0 Å². The molecule has 0 aliphatic carbocycles. The lowest BCUT2D eigenvalue weighted by Gasteiger charge is -2.22. The Bertz CT molecular complexity index is 407. The second-order valence-electron chi connectivity index (χ2n) is 4.27. The summed E-state index contributed by atoms with van der Waals surface area (Å²) in [5.41, 5.74) is 1.56. The summed E-state index contributed by atoms with van der Waals surface area (Å²) < 4.78 is 13.2. The highest BCUT2D eigenvalue weighted by atomic mass is 35.5. The molecule has 1 rings (SSSR count). The van der Waals surface area contributed by atoms with Gasteiger partial charge in [0.2, 0.25) is 0 Å². The van der Waals surface area contributed by atoms with Gasteiger partial charge in [0.15, 0.2) is 0 Å². The average Bonchev–Trinajstić information content (AvgIpc) is 2.33. The van der Waals surface area contributed by atoms with Gasteiger partial charge in [-0.3, -0.25) is 4.90 Å². The summed E-state index contributed by atoms with van der Waals surface area (Å²) in [5, 5.41) is -0.163. The van der Waals surface area contributed by atoms with E-state index >= 15 is 0 Å². The lowest BCUT2D eigenvalue weighted by Crippen LogP contribution is -2.27. The summed E-state index contributed by atoms with van der Waals surface area (Å²) in [4.78, 5) is 2.14. The molecule has 0 saturated carbocycles. The van der Waals surface area contributed by atoms with Gasteiger partial charge in [0.1, 0.15) is 5.82 Å². The van der Waals surface area contributed by atoms with Gasteiger partial charge >= 0.3 is 0 Å². The SMILES string of the molecule is C=CCN(CC=C)CC(Cl)c1ccc(F)c(C)c1. The summed E-state index contributed by atoms with van der Waals surface area (Å²) in [6.45, 7) is 11.4. The number of benzene rings is 1. The van der Waals surface area contributed by atoms with Gasteiger partial charge in [-0.2, -0.15) is 0 Å². The van der Waals surface area contributed by atoms with E-state index in [1.54, 1.807) is 19.1 Å². The molecule has 1 aromatic rings. The Labute approximate surface area is 114 Å². The number of hydrogen-bond acceptors (Lipinski definition) is 1. The smallest absolute Gasteiger partial charge is 0.126 e. The molecule has 0 fully saturated rings. The van der Waals surface area contributed by atoms with E-state index in [9.17, 15) is 4.39 Å². The van der Waals surface area contributed by atoms with E-state index in [2.05, 4.69) is 18.1 Å². The van der Waals surface area contributed by atoms with Crippen molar-refractivity contribution < 1.29 is 4.39 Å². The summed E-state index contributed by atoms with van der Waals surface area (Å²) in [6, 6.07) is 5.00. The zero-order valence-electron chi connectivity index (χ0n) is 10.7. The highest BCUT2D eigenvalue weighted by Crippen LogP contribution is 2.23. The van der Waals surface area contributed by atoms with Gasteiger partial charge in [0, 0.05) is 19.6 Å². The summed E-state index contributed by atoms with van der Waals surface area (Å²) in [5.74, 6) is -0.198. The number of alkyl halides is 1. The highest BCUT2D eigenvalue weighted by Gasteiger charge is 2.13. The molecule has 0 aliphatic heterocycles. The van der Waals surface area contributed by atoms with Crippen LogP contribution in [-0.4, -0.2) is 24.5 Å². The van der Waals surface area contributed by atoms with Gasteiger partial charge in [0.05, 0.1) is 5.38 Å². The summed E-state index contributed by atoms with van der Waals surface area (Å²) in [7, 11) is 0. The monoisotopic (exact) mass is 267 g/mol. The number of nitrogens with zero attached hydrogens (tertiary/aromatic N) is 1. The Morgan fingerprint density at radius 3 is 2.44 bits per heavy atom. The maximum Gasteiger partial charge on any atom is 0.126 e. The van der Waals surface area contributed by atoms with Crippen LogP contribution in [-0.2, 0) is 0 Å². The Kier molecular flexibility index (Phi) is 6.10. The van der Waals surface area contributed by atoms with Gasteiger partial charge in [-0.05, 0) is 24.1 Å². The Balaban J connectivity index is 2.72. The molecule has 3 heteroatoms. The van der Waals surface area contributed by atoms with Crippen LogP contribution >= 0.6 is 11.6 Å². The van der Waals surface area contributed by atoms with Crippen molar-refractivity contribution in [2.45, 2.75) is 12.3 Å². The molecule has 0 saturated heterocycles. The first-order valence-corrected chi connectivity index (χ1v) is 6.36. The van der Waals surface area contributed by atoms with Crippen molar-refractivity contribution in [3.63, 3.8) is 0 Å². The zero-order valence-corrected chi connectivity index (χ0v) is 11.5. The molecular formula is C15H19ClFN. The van der Waals surface area contributed by atoms with Gasteiger partial charge in [-0.15, -0.1) is 24.8 Å². The molecule has 0 N–H and O–H groups in total. The van der Waals surface area contributed by atoms with Crippen molar-refractivity contribution >= 4 is 11.6 Å². The molecule has 1 nitrogen and oxygen atoms in total. The standard InChI is InChI=1S/C15H19ClFN/c1-4-8-18(9-5-2)11-14(16)13-6-7-15(17)12(3)10-13/h4-7,10,14H,1-2,8-9,11H2,3H3. The van der Waals surface area contributed by atoms with E-state index in [1.807, 2.05) is 12.2 Å². The first-order chi connectivity index (χ1) is 8.58. The zero-order chi connectivity index (χ0) is 13.5. The summed E-state index contributed by atoms with van der Waals surface area (Å²) in [6.07, 6.45) is 3.67. The molecule has 1 atom stereocenters. The number of halogens is 2. The van der Waals surface area contributed by atoms with Gasteiger partial charge in [-0.1, -0.05) is 24.3 Å². The number of rotatable bonds is 7. The number of aryl methyl sites for hydroxylation is 1. The van der Waals surface area contributed by atoms with Crippen molar-refractivity contribution in [1.82, 2.24) is 4.90 Å². The Hall–Kier alpha value is -1.12. The third-order valence-electron chi connectivity index (χ3n) is 2.74. The van der Waals surface area contributed by atoms with Crippen molar-refractivity contribution in [3.8, 4) is 0 Å². The molecule has 0 amide bonds. The molecule has 0 heterocycles. The maximum absolute atomic E-state index is 13.2. The minimum atomic E-state index is -0.198. The molecule has 0 bridgehead atoms. The third kappa shape index (κ3) is 4.28. The predicted octanol–water partition coefficient (Wildman–Crippen LogP) is 4.09. The van der Waals surface area contributed by atoms with Crippen LogP contribution in [0.5, 0.6) is 0 Å². The molecule has 0 aliphatic rings. The molecule has 98 valence electrons. The van der Waals surface area contributed by atoms with Crippen molar-refractivity contribution in [3.05, 3.63) is 60.5 Å². The van der Waals surface area contributed by atoms with Crippen LogP contribution in [0.4, 0.5) is 4.39 Å². The molecule has 18 heavy (non-hydrogen) atoms. The van der Waals surface area contributed by atoms with Crippen molar-refractivity contribution in [2.75, 3.05) is 19.6 Å². The number of hydrogen-bond donors (Lipinski definition) is 0. The summed E-state index contributed by atoms with van der Waals surface area (Å²) >= 11 is 6.36. The van der Waals surface area contributed by atoms with E-state index in [0.29, 0.717) is 12.1 Å². The van der Waals surface area contributed by atoms with Crippen LogP contribution in [0.1, 0.15) is 16.5 Å². The van der Waals surface area contributed by atoms with Gasteiger partial charge in [0.25, 0.3) is 0 Å². The Morgan fingerprint density at radius 2 is 1.94 bits per heavy atom. The van der Waals surface area contributed by atoms with Crippen LogP contribution in [0.25, 0.3) is 0 Å². The Morgan fingerprint density at radius 1 is 1.33 bits per heavy atom. The van der Waals surface area contributed by atoms with E-state index in [0.717, 1.165) is 18.7 Å².